The number of ether oxygens (including phenoxy) is 3. The molecule has 1 aliphatic rings. The van der Waals surface area contributed by atoms with E-state index in [2.05, 4.69) is 20.9 Å². The van der Waals surface area contributed by atoms with Crippen molar-refractivity contribution in [2.24, 2.45) is 4.99 Å². The number of carbonyl (C=O) groups excluding carboxylic acids is 2. The quantitative estimate of drug-likeness (QED) is 0.144. The van der Waals surface area contributed by atoms with Crippen LogP contribution in [-0.4, -0.2) is 29.4 Å². The second kappa shape index (κ2) is 10.6. The van der Waals surface area contributed by atoms with Gasteiger partial charge in [0, 0.05) is 18.1 Å². The highest BCUT2D eigenvalue weighted by Gasteiger charge is 2.26. The Morgan fingerprint density at radius 2 is 2.06 bits per heavy atom. The Hall–Kier alpha value is -3.24. The van der Waals surface area contributed by atoms with E-state index >= 15 is 0 Å². The summed E-state index contributed by atoms with van der Waals surface area (Å²) in [4.78, 5) is 38.9. The number of rotatable bonds is 8. The van der Waals surface area contributed by atoms with E-state index in [4.69, 9.17) is 25.8 Å². The van der Waals surface area contributed by atoms with Crippen molar-refractivity contribution >= 4 is 57.1 Å². The van der Waals surface area contributed by atoms with Crippen molar-refractivity contribution in [2.75, 3.05) is 6.61 Å². The van der Waals surface area contributed by atoms with Crippen molar-refractivity contribution in [1.29, 1.82) is 0 Å². The zero-order chi connectivity index (χ0) is 24.1. The topological polar surface area (TPSA) is 117 Å². The smallest absolute Gasteiger partial charge is 0.363 e. The molecule has 0 fully saturated rings. The first kappa shape index (κ1) is 24.4. The summed E-state index contributed by atoms with van der Waals surface area (Å²) in [6.07, 6.45) is 2.37. The number of benzene rings is 2. The van der Waals surface area contributed by atoms with E-state index in [-0.39, 0.29) is 40.0 Å². The number of aliphatic imine (C=N–C) groups is 1. The van der Waals surface area contributed by atoms with Crippen molar-refractivity contribution in [1.82, 2.24) is 0 Å². The zero-order valence-corrected chi connectivity index (χ0v) is 19.9. The molecule has 1 aliphatic heterocycles. The number of carbonyl (C=O) groups is 2. The predicted octanol–water partition coefficient (Wildman–Crippen LogP) is 5.46. The molecule has 9 nitrogen and oxygen atoms in total. The predicted molar refractivity (Wildman–Crippen MR) is 125 cm³/mol. The first-order chi connectivity index (χ1) is 15.7. The van der Waals surface area contributed by atoms with E-state index in [1.54, 1.807) is 19.1 Å². The molecule has 33 heavy (non-hydrogen) atoms. The van der Waals surface area contributed by atoms with Gasteiger partial charge >= 0.3 is 11.9 Å². The third-order valence-corrected chi connectivity index (χ3v) is 5.22. The minimum atomic E-state index is -0.727. The van der Waals surface area contributed by atoms with Crippen LogP contribution in [0.1, 0.15) is 37.8 Å². The monoisotopic (exact) mass is 536 g/mol. The van der Waals surface area contributed by atoms with Crippen molar-refractivity contribution in [3.8, 4) is 11.5 Å². The molecule has 3 rings (SSSR count). The molecule has 0 aliphatic carbocycles. The van der Waals surface area contributed by atoms with Gasteiger partial charge in [0.15, 0.2) is 17.2 Å². The lowest BCUT2D eigenvalue weighted by atomic mass is 10.1. The number of hydrogen-bond donors (Lipinski definition) is 0. The summed E-state index contributed by atoms with van der Waals surface area (Å²) < 4.78 is 16.7. The van der Waals surface area contributed by atoms with Crippen molar-refractivity contribution in [3.63, 3.8) is 0 Å². The Morgan fingerprint density at radius 3 is 2.73 bits per heavy atom. The highest BCUT2D eigenvalue weighted by atomic mass is 79.9. The molecule has 0 amide bonds. The first-order valence-electron chi connectivity index (χ1n) is 9.87. The molecule has 0 saturated heterocycles. The van der Waals surface area contributed by atoms with E-state index < -0.39 is 16.9 Å². The fourth-order valence-corrected chi connectivity index (χ4v) is 3.61. The van der Waals surface area contributed by atoms with E-state index in [0.717, 1.165) is 0 Å². The van der Waals surface area contributed by atoms with Gasteiger partial charge in [0.25, 0.3) is 5.69 Å². The number of halogens is 2. The van der Waals surface area contributed by atoms with E-state index in [1.807, 2.05) is 6.92 Å². The van der Waals surface area contributed by atoms with Gasteiger partial charge in [-0.25, -0.2) is 9.79 Å². The Morgan fingerprint density at radius 1 is 1.30 bits per heavy atom. The van der Waals surface area contributed by atoms with Crippen LogP contribution in [0.4, 0.5) is 5.69 Å². The molecule has 0 spiro atoms. The van der Waals surface area contributed by atoms with E-state index in [1.165, 1.54) is 24.3 Å². The summed E-state index contributed by atoms with van der Waals surface area (Å²) in [6, 6.07) is 7.22. The molecule has 0 aromatic heterocycles. The van der Waals surface area contributed by atoms with Gasteiger partial charge in [0.1, 0.15) is 5.02 Å². The Balaban J connectivity index is 1.96. The summed E-state index contributed by atoms with van der Waals surface area (Å²) >= 11 is 9.21. The number of hydrogen-bond acceptors (Lipinski definition) is 8. The molecular formula is C22H18BrClN2O7. The molecule has 0 N–H and O–H groups in total. The highest BCUT2D eigenvalue weighted by Crippen LogP contribution is 2.38. The van der Waals surface area contributed by atoms with E-state index in [9.17, 15) is 19.7 Å². The molecule has 0 radical (unpaired) electrons. The van der Waals surface area contributed by atoms with E-state index in [0.29, 0.717) is 28.8 Å². The van der Waals surface area contributed by atoms with Crippen molar-refractivity contribution in [2.45, 2.75) is 26.7 Å². The van der Waals surface area contributed by atoms with Crippen LogP contribution >= 0.6 is 27.5 Å². The van der Waals surface area contributed by atoms with Gasteiger partial charge in [0.05, 0.1) is 16.0 Å². The second-order valence-corrected chi connectivity index (χ2v) is 8.01. The molecular weight excluding hydrogens is 520 g/mol. The SMILES string of the molecule is CCCC(=O)Oc1c(Br)cc(/C=C2\N=C(c3ccc(Cl)c([N+](=O)[O-])c3)OC2=O)cc1OCC. The van der Waals surface area contributed by atoms with Gasteiger partial charge in [-0.05, 0) is 65.2 Å². The minimum absolute atomic E-state index is 0.0207. The normalized spacial score (nSPS) is 14.1. The summed E-state index contributed by atoms with van der Waals surface area (Å²) in [7, 11) is 0. The average Bonchev–Trinajstić information content (AvgIpc) is 3.11. The molecule has 1 heterocycles. The molecule has 0 bridgehead atoms. The molecule has 0 unspecified atom stereocenters. The highest BCUT2D eigenvalue weighted by molar-refractivity contribution is 9.10. The summed E-state index contributed by atoms with van der Waals surface area (Å²) in [5.74, 6) is -0.650. The van der Waals surface area contributed by atoms with Crippen LogP contribution < -0.4 is 9.47 Å². The van der Waals surface area contributed by atoms with Gasteiger partial charge in [-0.2, -0.15) is 0 Å². The number of nitrogens with zero attached hydrogens (tertiary/aromatic N) is 2. The summed E-state index contributed by atoms with van der Waals surface area (Å²) in [5, 5.41) is 11.1. The second-order valence-electron chi connectivity index (χ2n) is 6.75. The number of esters is 2. The molecule has 0 atom stereocenters. The Bertz CT molecular complexity index is 1190. The third-order valence-electron chi connectivity index (χ3n) is 4.32. The minimum Gasteiger partial charge on any atom is -0.490 e. The largest absolute Gasteiger partial charge is 0.490 e. The number of nitro groups is 1. The lowest BCUT2D eigenvalue weighted by Gasteiger charge is -2.13. The molecule has 172 valence electrons. The van der Waals surface area contributed by atoms with Gasteiger partial charge < -0.3 is 14.2 Å². The maximum atomic E-state index is 12.4. The lowest BCUT2D eigenvalue weighted by Crippen LogP contribution is -2.09. The molecule has 2 aromatic rings. The van der Waals surface area contributed by atoms with Crippen LogP contribution in [0, 0.1) is 10.1 Å². The van der Waals surface area contributed by atoms with Crippen LogP contribution in [0.25, 0.3) is 6.08 Å². The summed E-state index contributed by atoms with van der Waals surface area (Å²) in [5.41, 5.74) is 0.411. The van der Waals surface area contributed by atoms with Crippen LogP contribution in [0.2, 0.25) is 5.02 Å². The van der Waals surface area contributed by atoms with Gasteiger partial charge in [-0.1, -0.05) is 18.5 Å². The van der Waals surface area contributed by atoms with Gasteiger partial charge in [-0.15, -0.1) is 0 Å². The van der Waals surface area contributed by atoms with Crippen molar-refractivity contribution in [3.05, 3.63) is 66.8 Å². The number of cyclic esters (lactones) is 1. The maximum Gasteiger partial charge on any atom is 0.363 e. The summed E-state index contributed by atoms with van der Waals surface area (Å²) in [6.45, 7) is 3.98. The fraction of sp³-hybridized carbons (Fsp3) is 0.227. The van der Waals surface area contributed by atoms with Crippen LogP contribution in [0.5, 0.6) is 11.5 Å². The van der Waals surface area contributed by atoms with Gasteiger partial charge in [0.2, 0.25) is 5.90 Å². The molecule has 2 aromatic carbocycles. The van der Waals surface area contributed by atoms with Gasteiger partial charge in [-0.3, -0.25) is 14.9 Å². The average molecular weight is 538 g/mol. The van der Waals surface area contributed by atoms with Crippen LogP contribution in [-0.2, 0) is 14.3 Å². The lowest BCUT2D eigenvalue weighted by molar-refractivity contribution is -0.384. The standard InChI is InChI=1S/C22H18BrClN2O7/c1-3-5-19(27)32-20-14(23)8-12(10-18(20)31-4-2)9-16-22(28)33-21(25-16)13-6-7-15(24)17(11-13)26(29)30/h6-11H,3-5H2,1-2H3/b16-9-. The maximum absolute atomic E-state index is 12.4. The van der Waals surface area contributed by atoms with Crippen LogP contribution in [0.15, 0.2) is 45.5 Å². The molecule has 0 saturated carbocycles. The molecule has 11 heteroatoms. The van der Waals surface area contributed by atoms with Crippen molar-refractivity contribution < 1.29 is 28.7 Å². The Labute approximate surface area is 202 Å². The Kier molecular flexibility index (Phi) is 7.83. The first-order valence-corrected chi connectivity index (χ1v) is 11.0. The van der Waals surface area contributed by atoms with Crippen LogP contribution in [0.3, 0.4) is 0 Å². The fourth-order valence-electron chi connectivity index (χ4n) is 2.88. The zero-order valence-electron chi connectivity index (χ0n) is 17.6. The number of nitro benzene ring substituents is 1. The third kappa shape index (κ3) is 5.77.